The molecule has 1 aromatic heterocycles. The topological polar surface area (TPSA) is 166 Å². The molecule has 6 N–H and O–H groups in total. The Balaban J connectivity index is 2.81. The number of anilines is 1. The summed E-state index contributed by atoms with van der Waals surface area (Å²) in [5.41, 5.74) is 6.81. The molecule has 0 atom stereocenters. The fourth-order valence-corrected chi connectivity index (χ4v) is 2.69. The highest BCUT2D eigenvalue weighted by atomic mass is 32.2. The van der Waals surface area contributed by atoms with Gasteiger partial charge in [-0.1, -0.05) is 0 Å². The molecule has 9 nitrogen and oxygen atoms in total. The van der Waals surface area contributed by atoms with Crippen LogP contribution in [0.5, 0.6) is 0 Å². The van der Waals surface area contributed by atoms with E-state index < -0.39 is 26.5 Å². The van der Waals surface area contributed by atoms with E-state index in [1.54, 1.807) is 0 Å². The first-order valence-electron chi connectivity index (χ1n) is 5.98. The zero-order chi connectivity index (χ0) is 16.7. The number of amides is 1. The summed E-state index contributed by atoms with van der Waals surface area (Å²) in [6, 6.07) is 2.21. The second-order valence-corrected chi connectivity index (χ2v) is 5.99. The average Bonchev–Trinajstić information content (AvgIpc) is 2.41. The second kappa shape index (κ2) is 5.40. The van der Waals surface area contributed by atoms with E-state index in [0.717, 1.165) is 12.1 Å². The van der Waals surface area contributed by atoms with Gasteiger partial charge in [-0.2, -0.15) is 8.42 Å². The number of hydrazine groups is 1. The Morgan fingerprint density at radius 1 is 1.41 bits per heavy atom. The lowest BCUT2D eigenvalue weighted by Gasteiger charge is -2.09. The molecular formula is C12H13N3O6S. The van der Waals surface area contributed by atoms with Gasteiger partial charge in [0.15, 0.2) is 0 Å². The summed E-state index contributed by atoms with van der Waals surface area (Å²) in [5.74, 6) is 4.36. The number of carbonyl (C=O) groups is 1. The minimum atomic E-state index is -4.54. The van der Waals surface area contributed by atoms with Gasteiger partial charge in [-0.15, -0.1) is 0 Å². The van der Waals surface area contributed by atoms with Crippen LogP contribution in [-0.2, 0) is 21.3 Å². The lowest BCUT2D eigenvalue weighted by molar-refractivity contribution is -0.120. The molecule has 0 aliphatic heterocycles. The second-order valence-electron chi connectivity index (χ2n) is 4.60. The molecule has 1 amide bonds. The van der Waals surface area contributed by atoms with E-state index in [4.69, 9.17) is 20.5 Å². The summed E-state index contributed by atoms with van der Waals surface area (Å²) in [6.07, 6.45) is -0.327. The first-order chi connectivity index (χ1) is 10.1. The van der Waals surface area contributed by atoms with Crippen LogP contribution in [0.1, 0.15) is 11.1 Å². The van der Waals surface area contributed by atoms with Gasteiger partial charge >= 0.3 is 5.63 Å². The quantitative estimate of drug-likeness (QED) is 0.146. The third kappa shape index (κ3) is 2.79. The number of hydrogen-bond donors (Lipinski definition) is 4. The van der Waals surface area contributed by atoms with Gasteiger partial charge in [-0.3, -0.25) is 14.8 Å². The van der Waals surface area contributed by atoms with Crippen LogP contribution in [0, 0.1) is 6.92 Å². The molecule has 0 saturated carbocycles. The van der Waals surface area contributed by atoms with Crippen molar-refractivity contribution in [1.29, 1.82) is 0 Å². The largest absolute Gasteiger partial charge is 0.422 e. The van der Waals surface area contributed by atoms with E-state index in [1.807, 2.05) is 5.43 Å². The minimum absolute atomic E-state index is 0.0292. The molecule has 0 aliphatic carbocycles. The molecule has 0 spiro atoms. The van der Waals surface area contributed by atoms with Gasteiger partial charge in [-0.25, -0.2) is 10.6 Å². The summed E-state index contributed by atoms with van der Waals surface area (Å²) in [5, 5.41) is 0.237. The van der Waals surface area contributed by atoms with Gasteiger partial charge in [0.1, 0.15) is 10.5 Å². The summed E-state index contributed by atoms with van der Waals surface area (Å²) in [7, 11) is -4.54. The Bertz CT molecular complexity index is 932. The molecule has 2 aromatic rings. The molecule has 1 aromatic carbocycles. The van der Waals surface area contributed by atoms with Crippen molar-refractivity contribution in [2.45, 2.75) is 18.2 Å². The molecule has 0 aliphatic rings. The third-order valence-electron chi connectivity index (χ3n) is 3.19. The first kappa shape index (κ1) is 15.9. The zero-order valence-electron chi connectivity index (χ0n) is 11.4. The van der Waals surface area contributed by atoms with E-state index in [9.17, 15) is 18.0 Å². The van der Waals surface area contributed by atoms with Crippen LogP contribution in [0.15, 0.2) is 26.2 Å². The molecule has 0 radical (unpaired) electrons. The molecular weight excluding hydrogens is 314 g/mol. The molecule has 22 heavy (non-hydrogen) atoms. The number of carbonyl (C=O) groups excluding carboxylic acids is 1. The number of hydrogen-bond acceptors (Lipinski definition) is 7. The highest BCUT2D eigenvalue weighted by molar-refractivity contribution is 7.86. The predicted octanol–water partition coefficient (Wildman–Crippen LogP) is -0.537. The van der Waals surface area contributed by atoms with Crippen molar-refractivity contribution in [3.63, 3.8) is 0 Å². The van der Waals surface area contributed by atoms with E-state index in [0.29, 0.717) is 5.56 Å². The van der Waals surface area contributed by atoms with Crippen molar-refractivity contribution in [2.24, 2.45) is 5.84 Å². The fraction of sp³-hybridized carbons (Fsp3) is 0.167. The van der Waals surface area contributed by atoms with E-state index >= 15 is 0 Å². The Labute approximate surface area is 124 Å². The van der Waals surface area contributed by atoms with E-state index in [-0.39, 0.29) is 28.6 Å². The number of benzene rings is 1. The van der Waals surface area contributed by atoms with Crippen LogP contribution in [0.25, 0.3) is 11.0 Å². The first-order valence-corrected chi connectivity index (χ1v) is 7.42. The standard InChI is InChI=1S/C12H13N3O6S/c1-5-6-2-10(22(18,19)20)8(13)4-9(6)21-12(17)7(5)3-11(16)15-14/h2,4H,3,13-14H2,1H3,(H,15,16)(H,18,19,20). The zero-order valence-corrected chi connectivity index (χ0v) is 12.2. The summed E-state index contributed by atoms with van der Waals surface area (Å²) in [4.78, 5) is 22.7. The van der Waals surface area contributed by atoms with Gasteiger partial charge in [0.25, 0.3) is 10.1 Å². The molecule has 0 fully saturated rings. The van der Waals surface area contributed by atoms with Crippen molar-refractivity contribution >= 4 is 32.7 Å². The van der Waals surface area contributed by atoms with Crippen molar-refractivity contribution in [3.8, 4) is 0 Å². The highest BCUT2D eigenvalue weighted by Gasteiger charge is 2.20. The maximum atomic E-state index is 11.9. The maximum Gasteiger partial charge on any atom is 0.340 e. The van der Waals surface area contributed by atoms with Gasteiger partial charge in [0.2, 0.25) is 5.91 Å². The number of nitrogen functional groups attached to an aromatic ring is 1. The molecule has 2 rings (SSSR count). The van der Waals surface area contributed by atoms with Gasteiger partial charge in [0.05, 0.1) is 17.7 Å². The fourth-order valence-electron chi connectivity index (χ4n) is 2.07. The highest BCUT2D eigenvalue weighted by Crippen LogP contribution is 2.28. The Morgan fingerprint density at radius 2 is 2.05 bits per heavy atom. The van der Waals surface area contributed by atoms with E-state index in [1.165, 1.54) is 6.92 Å². The minimum Gasteiger partial charge on any atom is -0.422 e. The van der Waals surface area contributed by atoms with E-state index in [2.05, 4.69) is 0 Å². The monoisotopic (exact) mass is 327 g/mol. The SMILES string of the molecule is Cc1c(CC(=O)NN)c(=O)oc2cc(N)c(S(=O)(=O)O)cc12. The van der Waals surface area contributed by atoms with Gasteiger partial charge in [-0.05, 0) is 18.6 Å². The number of aryl methyl sites for hydroxylation is 1. The van der Waals surface area contributed by atoms with Crippen molar-refractivity contribution < 1.29 is 22.2 Å². The lowest BCUT2D eigenvalue weighted by Crippen LogP contribution is -2.33. The van der Waals surface area contributed by atoms with Crippen molar-refractivity contribution in [2.75, 3.05) is 5.73 Å². The third-order valence-corrected chi connectivity index (χ3v) is 4.10. The molecule has 0 saturated heterocycles. The molecule has 0 bridgehead atoms. The summed E-state index contributed by atoms with van der Waals surface area (Å²) in [6.45, 7) is 1.52. The van der Waals surface area contributed by atoms with Gasteiger partial charge in [0, 0.05) is 11.5 Å². The molecule has 118 valence electrons. The van der Waals surface area contributed by atoms with Crippen LogP contribution in [0.2, 0.25) is 0 Å². The van der Waals surface area contributed by atoms with Crippen molar-refractivity contribution in [3.05, 3.63) is 33.7 Å². The van der Waals surface area contributed by atoms with Crippen LogP contribution in [-0.4, -0.2) is 18.9 Å². The predicted molar refractivity (Wildman–Crippen MR) is 77.5 cm³/mol. The molecule has 1 heterocycles. The van der Waals surface area contributed by atoms with Crippen LogP contribution in [0.4, 0.5) is 5.69 Å². The maximum absolute atomic E-state index is 11.9. The lowest BCUT2D eigenvalue weighted by atomic mass is 10.0. The number of fused-ring (bicyclic) bond motifs is 1. The number of nitrogens with one attached hydrogen (secondary N) is 1. The van der Waals surface area contributed by atoms with Gasteiger partial charge < -0.3 is 10.2 Å². The number of rotatable bonds is 3. The Morgan fingerprint density at radius 3 is 2.59 bits per heavy atom. The van der Waals surface area contributed by atoms with Crippen LogP contribution >= 0.6 is 0 Å². The summed E-state index contributed by atoms with van der Waals surface area (Å²) >= 11 is 0. The normalized spacial score (nSPS) is 11.6. The average molecular weight is 327 g/mol. The molecule has 0 unspecified atom stereocenters. The number of nitrogens with two attached hydrogens (primary N) is 2. The summed E-state index contributed by atoms with van der Waals surface area (Å²) < 4.78 is 36.8. The molecule has 10 heteroatoms. The Hall–Kier alpha value is -2.43. The van der Waals surface area contributed by atoms with Crippen LogP contribution < -0.4 is 22.6 Å². The van der Waals surface area contributed by atoms with Crippen LogP contribution in [0.3, 0.4) is 0 Å². The smallest absolute Gasteiger partial charge is 0.340 e. The van der Waals surface area contributed by atoms with Crippen molar-refractivity contribution in [1.82, 2.24) is 5.43 Å². The Kier molecular flexibility index (Phi) is 3.92.